The number of nitrogens with zero attached hydrogens (tertiary/aromatic N) is 11. The number of hydrogen-bond acceptors (Lipinski definition) is 11. The topological polar surface area (TPSA) is 188 Å². The Hall–Kier alpha value is -10.9. The summed E-state index contributed by atoms with van der Waals surface area (Å²) in [7, 11) is -1.74. The van der Waals surface area contributed by atoms with Crippen molar-refractivity contribution in [3.8, 4) is 5.75 Å². The molecule has 22 heteroatoms. The van der Waals surface area contributed by atoms with Crippen molar-refractivity contribution in [3.05, 3.63) is 348 Å². The zero-order valence-corrected chi connectivity index (χ0v) is 72.5. The summed E-state index contributed by atoms with van der Waals surface area (Å²) in [5.74, 6) is 5.53. The summed E-state index contributed by atoms with van der Waals surface area (Å²) in [6, 6.07) is 81.5. The van der Waals surface area contributed by atoms with Crippen LogP contribution in [0, 0.1) is 33.6 Å². The first-order valence-electron chi connectivity index (χ1n) is 40.7. The van der Waals surface area contributed by atoms with Gasteiger partial charge in [0, 0.05) is 65.3 Å². The Morgan fingerprint density at radius 2 is 0.958 bits per heavy atom. The lowest BCUT2D eigenvalue weighted by Crippen LogP contribution is -2.35. The van der Waals surface area contributed by atoms with Crippen LogP contribution in [-0.4, -0.2) is 104 Å². The molecule has 2 atom stereocenters. The number of methoxy groups -OCH3 is 1. The number of sulfonamides is 1. The highest BCUT2D eigenvalue weighted by molar-refractivity contribution is 7.92. The van der Waals surface area contributed by atoms with Gasteiger partial charge in [-0.05, 0) is 237 Å². The third-order valence-corrected chi connectivity index (χ3v) is 24.2. The Labute approximate surface area is 722 Å². The number of rotatable bonds is 21. The molecule has 0 spiro atoms. The predicted octanol–water partition coefficient (Wildman–Crippen LogP) is 22.6. The van der Waals surface area contributed by atoms with Crippen LogP contribution in [0.15, 0.2) is 249 Å². The summed E-state index contributed by atoms with van der Waals surface area (Å²) in [4.78, 5) is 26.0. The molecule has 18 rings (SSSR count). The highest BCUT2D eigenvalue weighted by atomic mass is 35.5. The van der Waals surface area contributed by atoms with Crippen molar-refractivity contribution >= 4 is 129 Å². The number of likely N-dealkylation sites (tertiary alicyclic amines) is 1. The van der Waals surface area contributed by atoms with Gasteiger partial charge < -0.3 is 37.8 Å². The highest BCUT2D eigenvalue weighted by Crippen LogP contribution is 2.35. The van der Waals surface area contributed by atoms with E-state index in [0.717, 1.165) is 167 Å². The Bertz CT molecular complexity index is 6300. The summed E-state index contributed by atoms with van der Waals surface area (Å²) in [6.07, 6.45) is 15.8. The molecule has 11 aromatic carbocycles. The molecule has 0 amide bonds. The number of aliphatic hydroxyl groups excluding tert-OH is 2. The maximum Gasteiger partial charge on any atom is 0.229 e. The number of aliphatic hydroxyl groups is 2. The average Bonchev–Trinajstić information content (AvgIpc) is 2.39. The molecule has 3 N–H and O–H groups in total. The van der Waals surface area contributed by atoms with Gasteiger partial charge in [-0.2, -0.15) is 0 Å². The molecule has 0 unspecified atom stereocenters. The number of hydrogen-bond donors (Lipinski definition) is 3. The minimum atomic E-state index is -3.38. The van der Waals surface area contributed by atoms with Crippen LogP contribution in [0.5, 0.6) is 5.75 Å². The average molecular weight is 1700 g/mol. The van der Waals surface area contributed by atoms with Crippen LogP contribution in [0.3, 0.4) is 0 Å². The number of para-hydroxylation sites is 6. The Kier molecular flexibility index (Phi) is 28.2. The zero-order valence-electron chi connectivity index (χ0n) is 68.6. The molecule has 1 saturated carbocycles. The molecule has 1 aliphatic carbocycles. The molecular weight excluding hydrogens is 1600 g/mol. The molecule has 1 aliphatic heterocycles. The van der Waals surface area contributed by atoms with Gasteiger partial charge in [0.2, 0.25) is 10.0 Å². The van der Waals surface area contributed by atoms with Crippen molar-refractivity contribution < 1.29 is 23.4 Å². The van der Waals surface area contributed by atoms with Crippen molar-refractivity contribution in [1.82, 2.24) is 52.7 Å². The van der Waals surface area contributed by atoms with Gasteiger partial charge in [0.15, 0.2) is 0 Å². The van der Waals surface area contributed by atoms with Crippen molar-refractivity contribution in [2.75, 3.05) is 31.2 Å². The normalized spacial score (nSPS) is 13.9. The molecule has 16 aromatic rings. The van der Waals surface area contributed by atoms with Crippen molar-refractivity contribution in [2.45, 2.75) is 131 Å². The number of imidazole rings is 5. The van der Waals surface area contributed by atoms with Crippen LogP contribution in [0.4, 0.5) is 5.69 Å². The molecule has 120 heavy (non-hydrogen) atoms. The van der Waals surface area contributed by atoms with Crippen LogP contribution < -0.4 is 9.46 Å². The second-order valence-corrected chi connectivity index (χ2v) is 34.5. The quantitative estimate of drug-likeness (QED) is 0.0621. The molecule has 2 aliphatic rings. The van der Waals surface area contributed by atoms with E-state index in [9.17, 15) is 18.6 Å². The van der Waals surface area contributed by atoms with Crippen LogP contribution >= 0.6 is 46.4 Å². The van der Waals surface area contributed by atoms with Crippen LogP contribution in [0.2, 0.25) is 20.1 Å². The Morgan fingerprint density at radius 3 is 1.49 bits per heavy atom. The summed E-state index contributed by atoms with van der Waals surface area (Å²) >= 11 is 24.0. The van der Waals surface area contributed by atoms with Gasteiger partial charge >= 0.3 is 0 Å². The van der Waals surface area contributed by atoms with E-state index in [2.05, 4.69) is 169 Å². The summed E-state index contributed by atoms with van der Waals surface area (Å²) in [5, 5.41) is 22.2. The maximum atomic E-state index is 11.7. The van der Waals surface area contributed by atoms with E-state index in [-0.39, 0.29) is 25.3 Å². The molecule has 0 bridgehead atoms. The van der Waals surface area contributed by atoms with Gasteiger partial charge in [-0.3, -0.25) is 9.62 Å². The first-order chi connectivity index (χ1) is 58.1. The summed E-state index contributed by atoms with van der Waals surface area (Å²) in [6.45, 7) is 15.2. The number of benzene rings is 11. The Balaban J connectivity index is 0.000000123. The predicted molar refractivity (Wildman–Crippen MR) is 493 cm³/mol. The van der Waals surface area contributed by atoms with Gasteiger partial charge in [-0.15, -0.1) is 0 Å². The number of ether oxygens (including phenoxy) is 1. The monoisotopic (exact) mass is 1700 g/mol. The molecule has 5 aromatic heterocycles. The molecule has 616 valence electrons. The van der Waals surface area contributed by atoms with E-state index in [1.165, 1.54) is 64.8 Å². The van der Waals surface area contributed by atoms with E-state index in [1.807, 2.05) is 163 Å². The van der Waals surface area contributed by atoms with E-state index in [1.54, 1.807) is 13.4 Å². The summed E-state index contributed by atoms with van der Waals surface area (Å²) < 4.78 is 42.2. The molecule has 2 fully saturated rings. The second-order valence-electron chi connectivity index (χ2n) is 31.0. The fourth-order valence-electron chi connectivity index (χ4n) is 15.9. The first kappa shape index (κ1) is 85.5. The van der Waals surface area contributed by atoms with E-state index in [4.69, 9.17) is 66.1 Å². The maximum absolute atomic E-state index is 11.7. The van der Waals surface area contributed by atoms with Crippen molar-refractivity contribution in [1.29, 1.82) is 0 Å². The van der Waals surface area contributed by atoms with Gasteiger partial charge in [-0.1, -0.05) is 206 Å². The number of anilines is 1. The number of aryl methyl sites for hydroxylation is 3. The molecule has 6 heterocycles. The third-order valence-electron chi connectivity index (χ3n) is 22.6. The first-order valence-corrected chi connectivity index (χ1v) is 44.1. The van der Waals surface area contributed by atoms with Crippen LogP contribution in [0.25, 0.3) is 67.3 Å². The highest BCUT2D eigenvalue weighted by Gasteiger charge is 2.32. The number of fused-ring (bicyclic) bond motifs is 5. The van der Waals surface area contributed by atoms with Crippen LogP contribution in [-0.2, 0) is 55.8 Å². The van der Waals surface area contributed by atoms with Crippen molar-refractivity contribution in [2.24, 2.45) is 5.92 Å². The lowest BCUT2D eigenvalue weighted by atomic mass is 10.0. The van der Waals surface area contributed by atoms with E-state index >= 15 is 0 Å². The van der Waals surface area contributed by atoms with Gasteiger partial charge in [0.1, 0.15) is 41.2 Å². The van der Waals surface area contributed by atoms with E-state index < -0.39 is 10.0 Å². The largest absolute Gasteiger partial charge is 0.497 e. The van der Waals surface area contributed by atoms with Gasteiger partial charge in [-0.25, -0.2) is 33.3 Å². The minimum absolute atomic E-state index is 0.0672. The molecular formula is C98H100Cl4N12O5S. The third kappa shape index (κ3) is 21.3. The standard InChI is InChI=1S/C24H21ClN2.C21H24ClN3O.C20H21ClN2.C18H21N3O3S.C15H13ClN2O/c1-17-14-22-23(15-18(17)2)27(16-20-8-11-21(25)12-9-20)24(26-22)13-10-19-6-4-3-5-7-19;1-15(24-12-4-5-18(24)14-26)21-23-19-6-2-3-7-20(19)25(21)13-16-8-10-17(22)11-9-16;21-17-11-9-16(10-12-17)14-23-19-8-4-3-7-18(19)22-20(23)13-15-5-1-2-6-15;1-12-9-16-18(17(13(12)2)20-25(4,22)23)19-11-21(16)10-14-5-7-15(24-3)8-6-14;16-12-7-5-11(6-8-12)9-18-14-4-2-1-3-13(14)17-15(18)10-19/h3-15H,16H2,1-2H3;2-3,6-11,15,18,26H,4-5,12-14H2,1H3;3-4,7-12,15H,1-2,5-6,13-14H2;5-9,11,20H,10H2,1-4H3;1-8,19H,9-10H2/b13-10+;;;;/t;15-,18-;;;/m.0.../s1. The van der Waals surface area contributed by atoms with Gasteiger partial charge in [0.05, 0.1) is 87.7 Å². The minimum Gasteiger partial charge on any atom is -0.497 e. The smallest absolute Gasteiger partial charge is 0.229 e. The molecule has 1 saturated heterocycles. The number of halogens is 4. The fourth-order valence-corrected chi connectivity index (χ4v) is 17.1. The lowest BCUT2D eigenvalue weighted by molar-refractivity contribution is 0.121. The number of aromatic nitrogens is 10. The second kappa shape index (κ2) is 39.5. The van der Waals surface area contributed by atoms with Gasteiger partial charge in [0.25, 0.3) is 0 Å². The Morgan fingerprint density at radius 1 is 0.492 bits per heavy atom. The van der Waals surface area contributed by atoms with Crippen LogP contribution in [0.1, 0.15) is 130 Å². The molecule has 17 nitrogen and oxygen atoms in total. The van der Waals surface area contributed by atoms with Crippen molar-refractivity contribution in [3.63, 3.8) is 0 Å². The summed E-state index contributed by atoms with van der Waals surface area (Å²) in [5.41, 5.74) is 22.2. The zero-order chi connectivity index (χ0) is 84.0. The fraction of sp³-hybridized carbons (Fsp3) is 0.255. The van der Waals surface area contributed by atoms with E-state index in [0.29, 0.717) is 30.1 Å². The SMILES string of the molecule is COc1ccc(Cn2cnc3c(NS(C)(=O)=O)c(C)c(C)cc32)cc1.C[C@@H](c1nc2ccccc2n1Cc1ccc(Cl)cc1)N1CCC[C@H]1CO.Cc1cc2nc(/C=C/c3ccccc3)n(Cc3ccc(Cl)cc3)c2cc1C.Clc1ccc(Cn2c(CC3CCCC3)nc3ccccc32)cc1.OCc1nc2ccccc2n1Cc1ccc(Cl)cc1. The number of nitrogens with one attached hydrogen (secondary N) is 1. The molecule has 0 radical (unpaired) electrons. The lowest BCUT2D eigenvalue weighted by Gasteiger charge is -2.29.